The SMILES string of the molecule is Cc1ccc(S(=O)(=O)N2CCN(c3ccc(N(C)C)nn3)CC2)cc1Cl. The van der Waals surface area contributed by atoms with Crippen LogP contribution in [-0.2, 0) is 10.0 Å². The number of benzene rings is 1. The molecule has 0 atom stereocenters. The Balaban J connectivity index is 1.70. The van der Waals surface area contributed by atoms with E-state index >= 15 is 0 Å². The number of piperazine rings is 1. The molecule has 1 aliphatic heterocycles. The summed E-state index contributed by atoms with van der Waals surface area (Å²) in [7, 11) is 0.269. The van der Waals surface area contributed by atoms with Crippen molar-refractivity contribution in [3.05, 3.63) is 40.9 Å². The summed E-state index contributed by atoms with van der Waals surface area (Å²) in [6.45, 7) is 3.76. The number of rotatable bonds is 4. The van der Waals surface area contributed by atoms with Gasteiger partial charge in [-0.2, -0.15) is 4.31 Å². The van der Waals surface area contributed by atoms with Crippen LogP contribution in [0.15, 0.2) is 35.2 Å². The van der Waals surface area contributed by atoms with Crippen molar-refractivity contribution in [1.82, 2.24) is 14.5 Å². The molecule has 0 aliphatic carbocycles. The highest BCUT2D eigenvalue weighted by Gasteiger charge is 2.29. The fraction of sp³-hybridized carbons (Fsp3) is 0.412. The lowest BCUT2D eigenvalue weighted by Crippen LogP contribution is -2.49. The smallest absolute Gasteiger partial charge is 0.243 e. The maximum Gasteiger partial charge on any atom is 0.243 e. The molecule has 140 valence electrons. The Kier molecular flexibility index (Phi) is 5.36. The highest BCUT2D eigenvalue weighted by molar-refractivity contribution is 7.89. The van der Waals surface area contributed by atoms with E-state index in [-0.39, 0.29) is 4.90 Å². The number of sulfonamides is 1. The highest BCUT2D eigenvalue weighted by atomic mass is 35.5. The molecule has 1 aromatic heterocycles. The summed E-state index contributed by atoms with van der Waals surface area (Å²) >= 11 is 6.09. The van der Waals surface area contributed by atoms with Gasteiger partial charge in [-0.25, -0.2) is 8.42 Å². The van der Waals surface area contributed by atoms with Gasteiger partial charge in [-0.1, -0.05) is 17.7 Å². The molecule has 1 aromatic carbocycles. The molecule has 26 heavy (non-hydrogen) atoms. The zero-order chi connectivity index (χ0) is 18.9. The quantitative estimate of drug-likeness (QED) is 0.788. The van der Waals surface area contributed by atoms with Gasteiger partial charge in [-0.15, -0.1) is 10.2 Å². The Morgan fingerprint density at radius 2 is 1.73 bits per heavy atom. The molecule has 2 heterocycles. The van der Waals surface area contributed by atoms with Gasteiger partial charge in [-0.3, -0.25) is 0 Å². The standard InChI is InChI=1S/C17H22ClN5O2S/c1-13-4-5-14(12-15(13)18)26(24,25)23-10-8-22(9-11-23)17-7-6-16(19-20-17)21(2)3/h4-7,12H,8-11H2,1-3H3. The first-order valence-electron chi connectivity index (χ1n) is 8.31. The Bertz CT molecular complexity index is 879. The van der Waals surface area contributed by atoms with Crippen LogP contribution in [0.1, 0.15) is 5.56 Å². The minimum Gasteiger partial charge on any atom is -0.361 e. The normalized spacial score (nSPS) is 15.9. The molecule has 1 fully saturated rings. The van der Waals surface area contributed by atoms with E-state index in [0.717, 1.165) is 17.2 Å². The van der Waals surface area contributed by atoms with Crippen LogP contribution in [0.3, 0.4) is 0 Å². The average Bonchev–Trinajstić information content (AvgIpc) is 2.64. The third kappa shape index (κ3) is 3.77. The van der Waals surface area contributed by atoms with Crippen molar-refractivity contribution in [3.63, 3.8) is 0 Å². The first-order chi connectivity index (χ1) is 12.3. The molecule has 2 aromatic rings. The second-order valence-electron chi connectivity index (χ2n) is 6.45. The van der Waals surface area contributed by atoms with Crippen LogP contribution < -0.4 is 9.80 Å². The van der Waals surface area contributed by atoms with Crippen molar-refractivity contribution >= 4 is 33.3 Å². The van der Waals surface area contributed by atoms with Gasteiger partial charge < -0.3 is 9.80 Å². The Morgan fingerprint density at radius 3 is 2.27 bits per heavy atom. The van der Waals surface area contributed by atoms with Crippen molar-refractivity contribution in [2.45, 2.75) is 11.8 Å². The third-order valence-corrected chi connectivity index (χ3v) is 6.74. The lowest BCUT2D eigenvalue weighted by Gasteiger charge is -2.34. The Morgan fingerprint density at radius 1 is 1.04 bits per heavy atom. The topological polar surface area (TPSA) is 69.6 Å². The molecule has 0 bridgehead atoms. The van der Waals surface area contributed by atoms with Gasteiger partial charge >= 0.3 is 0 Å². The van der Waals surface area contributed by atoms with Gasteiger partial charge in [0.1, 0.15) is 0 Å². The minimum absolute atomic E-state index is 0.233. The molecular formula is C17H22ClN5O2S. The predicted molar refractivity (Wildman–Crippen MR) is 104 cm³/mol. The predicted octanol–water partition coefficient (Wildman–Crippen LogP) is 2.02. The molecule has 1 aliphatic rings. The summed E-state index contributed by atoms with van der Waals surface area (Å²) in [5, 5.41) is 8.87. The number of aryl methyl sites for hydroxylation is 1. The number of anilines is 2. The van der Waals surface area contributed by atoms with Crippen LogP contribution in [0.25, 0.3) is 0 Å². The molecule has 0 saturated carbocycles. The second kappa shape index (κ2) is 7.38. The minimum atomic E-state index is -3.55. The van der Waals surface area contributed by atoms with E-state index < -0.39 is 10.0 Å². The first kappa shape index (κ1) is 18.9. The monoisotopic (exact) mass is 395 g/mol. The fourth-order valence-corrected chi connectivity index (χ4v) is 4.46. The number of nitrogens with zero attached hydrogens (tertiary/aromatic N) is 5. The van der Waals surface area contributed by atoms with Crippen LogP contribution >= 0.6 is 11.6 Å². The van der Waals surface area contributed by atoms with Crippen LogP contribution in [0, 0.1) is 6.92 Å². The van der Waals surface area contributed by atoms with Gasteiger partial charge in [-0.05, 0) is 36.8 Å². The molecule has 0 N–H and O–H groups in total. The molecule has 0 spiro atoms. The lowest BCUT2D eigenvalue weighted by atomic mass is 10.2. The largest absolute Gasteiger partial charge is 0.361 e. The second-order valence-corrected chi connectivity index (χ2v) is 8.79. The van der Waals surface area contributed by atoms with Gasteiger partial charge in [0, 0.05) is 45.3 Å². The highest BCUT2D eigenvalue weighted by Crippen LogP contribution is 2.24. The lowest BCUT2D eigenvalue weighted by molar-refractivity contribution is 0.383. The summed E-state index contributed by atoms with van der Waals surface area (Å²) in [5.41, 5.74) is 0.857. The molecule has 3 rings (SSSR count). The van der Waals surface area contributed by atoms with E-state index in [2.05, 4.69) is 10.2 Å². The number of hydrogen-bond acceptors (Lipinski definition) is 6. The van der Waals surface area contributed by atoms with Crippen molar-refractivity contribution in [2.24, 2.45) is 0 Å². The number of hydrogen-bond donors (Lipinski definition) is 0. The van der Waals surface area contributed by atoms with Crippen LogP contribution in [0.5, 0.6) is 0 Å². The van der Waals surface area contributed by atoms with E-state index in [0.29, 0.717) is 31.2 Å². The summed E-state index contributed by atoms with van der Waals surface area (Å²) in [5.74, 6) is 1.54. The van der Waals surface area contributed by atoms with E-state index in [1.807, 2.05) is 43.0 Å². The molecule has 9 heteroatoms. The number of halogens is 1. The van der Waals surface area contributed by atoms with Crippen LogP contribution in [0.2, 0.25) is 5.02 Å². The summed E-state index contributed by atoms with van der Waals surface area (Å²) in [4.78, 5) is 4.16. The molecule has 7 nitrogen and oxygen atoms in total. The maximum atomic E-state index is 12.8. The zero-order valence-electron chi connectivity index (χ0n) is 15.1. The van der Waals surface area contributed by atoms with E-state index in [1.54, 1.807) is 12.1 Å². The first-order valence-corrected chi connectivity index (χ1v) is 10.1. The van der Waals surface area contributed by atoms with E-state index in [1.165, 1.54) is 10.4 Å². The molecule has 0 radical (unpaired) electrons. The fourth-order valence-electron chi connectivity index (χ4n) is 2.77. The molecular weight excluding hydrogens is 374 g/mol. The van der Waals surface area contributed by atoms with Crippen LogP contribution in [0.4, 0.5) is 11.6 Å². The zero-order valence-corrected chi connectivity index (χ0v) is 16.6. The molecule has 0 unspecified atom stereocenters. The van der Waals surface area contributed by atoms with Crippen LogP contribution in [-0.4, -0.2) is 63.2 Å². The molecule has 1 saturated heterocycles. The summed E-state index contributed by atoms with van der Waals surface area (Å²) in [6, 6.07) is 8.66. The third-order valence-electron chi connectivity index (χ3n) is 4.44. The van der Waals surface area contributed by atoms with Crippen molar-refractivity contribution in [3.8, 4) is 0 Å². The van der Waals surface area contributed by atoms with Gasteiger partial charge in [0.25, 0.3) is 0 Å². The van der Waals surface area contributed by atoms with Gasteiger partial charge in [0.05, 0.1) is 4.90 Å². The number of aromatic nitrogens is 2. The van der Waals surface area contributed by atoms with Gasteiger partial charge in [0.2, 0.25) is 10.0 Å². The summed E-state index contributed by atoms with van der Waals surface area (Å²) in [6.07, 6.45) is 0. The maximum absolute atomic E-state index is 12.8. The van der Waals surface area contributed by atoms with Crippen molar-refractivity contribution in [2.75, 3.05) is 50.1 Å². The van der Waals surface area contributed by atoms with Crippen molar-refractivity contribution < 1.29 is 8.42 Å². The Hall–Kier alpha value is -1.90. The summed E-state index contributed by atoms with van der Waals surface area (Å²) < 4.78 is 27.1. The van der Waals surface area contributed by atoms with Gasteiger partial charge in [0.15, 0.2) is 11.6 Å². The molecule has 0 amide bonds. The van der Waals surface area contributed by atoms with E-state index in [4.69, 9.17) is 11.6 Å². The average molecular weight is 396 g/mol. The van der Waals surface area contributed by atoms with E-state index in [9.17, 15) is 8.42 Å². The van der Waals surface area contributed by atoms with Crippen molar-refractivity contribution in [1.29, 1.82) is 0 Å². The Labute approximate surface area is 159 Å².